The maximum atomic E-state index is 13.1. The quantitative estimate of drug-likeness (QED) is 0.775. The summed E-state index contributed by atoms with van der Waals surface area (Å²) >= 11 is 6.23. The van der Waals surface area contributed by atoms with E-state index in [1.54, 1.807) is 12.1 Å². The van der Waals surface area contributed by atoms with Crippen LogP contribution in [0.2, 0.25) is 5.02 Å². The highest BCUT2D eigenvalue weighted by atomic mass is 35.5. The Kier molecular flexibility index (Phi) is 5.72. The molecule has 1 aliphatic rings. The molecule has 0 aromatic heterocycles. The van der Waals surface area contributed by atoms with E-state index in [9.17, 15) is 8.42 Å². The molecule has 1 saturated heterocycles. The van der Waals surface area contributed by atoms with Crippen molar-refractivity contribution in [3.8, 4) is 11.5 Å². The van der Waals surface area contributed by atoms with E-state index in [2.05, 4.69) is 0 Å². The summed E-state index contributed by atoms with van der Waals surface area (Å²) in [4.78, 5) is 0.148. The molecule has 2 aromatic carbocycles. The summed E-state index contributed by atoms with van der Waals surface area (Å²) in [5.74, 6) is 0.840. The van der Waals surface area contributed by atoms with Crippen molar-refractivity contribution in [1.29, 1.82) is 0 Å². The molecule has 2 aromatic rings. The molecule has 26 heavy (non-hydrogen) atoms. The molecule has 0 saturated carbocycles. The Balaban J connectivity index is 1.89. The molecule has 3 rings (SSSR count). The van der Waals surface area contributed by atoms with Crippen molar-refractivity contribution in [1.82, 2.24) is 4.31 Å². The topological polar surface area (TPSA) is 65.1 Å². The van der Waals surface area contributed by atoms with Crippen LogP contribution in [0, 0.1) is 0 Å². The van der Waals surface area contributed by atoms with Gasteiger partial charge in [-0.25, -0.2) is 8.42 Å². The number of morpholine rings is 1. The molecule has 6 nitrogen and oxygen atoms in total. The average Bonchev–Trinajstić information content (AvgIpc) is 2.67. The molecule has 0 spiro atoms. The lowest BCUT2D eigenvalue weighted by Gasteiger charge is -2.32. The molecule has 1 heterocycles. The number of rotatable bonds is 5. The molecule has 1 unspecified atom stereocenters. The Morgan fingerprint density at radius 3 is 2.54 bits per heavy atom. The van der Waals surface area contributed by atoms with E-state index in [0.29, 0.717) is 23.1 Å². The summed E-state index contributed by atoms with van der Waals surface area (Å²) in [7, 11) is -0.728. The van der Waals surface area contributed by atoms with Crippen LogP contribution in [0.4, 0.5) is 0 Å². The van der Waals surface area contributed by atoms with Gasteiger partial charge in [0, 0.05) is 29.7 Å². The van der Waals surface area contributed by atoms with Gasteiger partial charge in [-0.3, -0.25) is 0 Å². The van der Waals surface area contributed by atoms with Gasteiger partial charge in [-0.15, -0.1) is 0 Å². The van der Waals surface area contributed by atoms with E-state index >= 15 is 0 Å². The average molecular weight is 398 g/mol. The fourth-order valence-corrected chi connectivity index (χ4v) is 4.59. The van der Waals surface area contributed by atoms with Crippen LogP contribution in [0.15, 0.2) is 47.4 Å². The molecule has 1 fully saturated rings. The van der Waals surface area contributed by atoms with Crippen LogP contribution in [0.3, 0.4) is 0 Å². The smallest absolute Gasteiger partial charge is 0.243 e. The number of halogens is 1. The van der Waals surface area contributed by atoms with Crippen molar-refractivity contribution in [3.63, 3.8) is 0 Å². The Morgan fingerprint density at radius 2 is 1.85 bits per heavy atom. The van der Waals surface area contributed by atoms with E-state index in [1.165, 1.54) is 30.7 Å². The van der Waals surface area contributed by atoms with Gasteiger partial charge in [0.05, 0.1) is 31.8 Å². The molecule has 1 aliphatic heterocycles. The van der Waals surface area contributed by atoms with Crippen LogP contribution in [0.25, 0.3) is 0 Å². The predicted octanol–water partition coefficient (Wildman–Crippen LogP) is 3.12. The third-order valence-electron chi connectivity index (χ3n) is 4.27. The summed E-state index contributed by atoms with van der Waals surface area (Å²) in [5.41, 5.74) is 0.779. The molecule has 0 aliphatic carbocycles. The molecule has 0 bridgehead atoms. The number of hydrogen-bond donors (Lipinski definition) is 0. The normalized spacial score (nSPS) is 18.5. The summed E-state index contributed by atoms with van der Waals surface area (Å²) in [5, 5.41) is 0.558. The van der Waals surface area contributed by atoms with Crippen molar-refractivity contribution in [2.75, 3.05) is 33.9 Å². The summed E-state index contributed by atoms with van der Waals surface area (Å²) < 4.78 is 43.7. The Bertz CT molecular complexity index is 887. The second-order valence-corrected chi connectivity index (χ2v) is 8.11. The molecule has 0 N–H and O–H groups in total. The molecule has 0 amide bonds. The van der Waals surface area contributed by atoms with Crippen molar-refractivity contribution in [2.45, 2.75) is 11.0 Å². The van der Waals surface area contributed by atoms with E-state index in [-0.39, 0.29) is 18.0 Å². The van der Waals surface area contributed by atoms with Gasteiger partial charge in [-0.05, 0) is 18.2 Å². The van der Waals surface area contributed by atoms with Gasteiger partial charge in [0.25, 0.3) is 0 Å². The molecule has 8 heteroatoms. The van der Waals surface area contributed by atoms with Gasteiger partial charge < -0.3 is 14.2 Å². The fraction of sp³-hybridized carbons (Fsp3) is 0.333. The fourth-order valence-electron chi connectivity index (χ4n) is 2.89. The molecule has 1 atom stereocenters. The molecular formula is C18H20ClNO5S. The summed E-state index contributed by atoms with van der Waals surface area (Å²) in [6.45, 7) is 0.764. The van der Waals surface area contributed by atoms with Gasteiger partial charge in [0.15, 0.2) is 11.5 Å². The predicted molar refractivity (Wildman–Crippen MR) is 98.4 cm³/mol. The lowest BCUT2D eigenvalue weighted by Crippen LogP contribution is -2.42. The van der Waals surface area contributed by atoms with Crippen LogP contribution >= 0.6 is 11.6 Å². The number of benzene rings is 2. The summed E-state index contributed by atoms with van der Waals surface area (Å²) in [6, 6.07) is 11.9. The zero-order chi connectivity index (χ0) is 18.7. The van der Waals surface area contributed by atoms with E-state index in [0.717, 1.165) is 5.56 Å². The van der Waals surface area contributed by atoms with E-state index < -0.39 is 16.1 Å². The van der Waals surface area contributed by atoms with Gasteiger partial charge in [-0.1, -0.05) is 29.8 Å². The van der Waals surface area contributed by atoms with Gasteiger partial charge in [0.2, 0.25) is 10.0 Å². The molecule has 140 valence electrons. The first-order valence-electron chi connectivity index (χ1n) is 8.05. The zero-order valence-corrected chi connectivity index (χ0v) is 16.1. The first-order chi connectivity index (χ1) is 12.5. The number of nitrogens with zero attached hydrogens (tertiary/aromatic N) is 1. The monoisotopic (exact) mass is 397 g/mol. The number of sulfonamides is 1. The lowest BCUT2D eigenvalue weighted by molar-refractivity contribution is -0.00250. The highest BCUT2D eigenvalue weighted by Crippen LogP contribution is 2.33. The third-order valence-corrected chi connectivity index (χ3v) is 6.48. The highest BCUT2D eigenvalue weighted by molar-refractivity contribution is 7.89. The minimum atomic E-state index is -3.70. The van der Waals surface area contributed by atoms with Gasteiger partial charge >= 0.3 is 0 Å². The second-order valence-electron chi connectivity index (χ2n) is 5.76. The van der Waals surface area contributed by atoms with Crippen LogP contribution in [-0.4, -0.2) is 46.6 Å². The largest absolute Gasteiger partial charge is 0.493 e. The molecular weight excluding hydrogens is 378 g/mol. The first kappa shape index (κ1) is 19.0. The van der Waals surface area contributed by atoms with Crippen molar-refractivity contribution in [3.05, 3.63) is 53.1 Å². The van der Waals surface area contributed by atoms with Crippen LogP contribution in [0.1, 0.15) is 11.7 Å². The standard InChI is InChI=1S/C18H20ClNO5S/c1-23-16-8-7-13(11-17(16)24-2)26(21,22)20-9-10-25-18(12-20)14-5-3-4-6-15(14)19/h3-8,11,18H,9-10,12H2,1-2H3. The highest BCUT2D eigenvalue weighted by Gasteiger charge is 2.32. The first-order valence-corrected chi connectivity index (χ1v) is 9.87. The van der Waals surface area contributed by atoms with Gasteiger partial charge in [0.1, 0.15) is 0 Å². The third kappa shape index (κ3) is 3.66. The molecule has 0 radical (unpaired) electrons. The lowest BCUT2D eigenvalue weighted by atomic mass is 10.1. The Morgan fingerprint density at radius 1 is 1.12 bits per heavy atom. The van der Waals surface area contributed by atoms with Crippen molar-refractivity contribution < 1.29 is 22.6 Å². The zero-order valence-electron chi connectivity index (χ0n) is 14.5. The van der Waals surface area contributed by atoms with Crippen molar-refractivity contribution in [2.24, 2.45) is 0 Å². The van der Waals surface area contributed by atoms with Gasteiger partial charge in [-0.2, -0.15) is 4.31 Å². The second kappa shape index (κ2) is 7.84. The minimum absolute atomic E-state index is 0.148. The van der Waals surface area contributed by atoms with E-state index in [1.807, 2.05) is 18.2 Å². The van der Waals surface area contributed by atoms with Crippen LogP contribution < -0.4 is 9.47 Å². The minimum Gasteiger partial charge on any atom is -0.493 e. The van der Waals surface area contributed by atoms with Crippen LogP contribution in [-0.2, 0) is 14.8 Å². The summed E-state index contributed by atoms with van der Waals surface area (Å²) in [6.07, 6.45) is -0.410. The number of hydrogen-bond acceptors (Lipinski definition) is 5. The Hall–Kier alpha value is -1.80. The SMILES string of the molecule is COc1ccc(S(=O)(=O)N2CCOC(c3ccccc3Cl)C2)cc1OC. The number of methoxy groups -OCH3 is 2. The maximum absolute atomic E-state index is 13.1. The number of ether oxygens (including phenoxy) is 3. The van der Waals surface area contributed by atoms with E-state index in [4.69, 9.17) is 25.8 Å². The Labute approximate surface area is 158 Å². The van der Waals surface area contributed by atoms with Crippen molar-refractivity contribution >= 4 is 21.6 Å². The maximum Gasteiger partial charge on any atom is 0.243 e. The van der Waals surface area contributed by atoms with Crippen LogP contribution in [0.5, 0.6) is 11.5 Å².